The highest BCUT2D eigenvalue weighted by Crippen LogP contribution is 2.60. The molecule has 2 aromatic carbocycles. The van der Waals surface area contributed by atoms with Gasteiger partial charge in [-0.15, -0.1) is 0 Å². The quantitative estimate of drug-likeness (QED) is 0.403. The van der Waals surface area contributed by atoms with Gasteiger partial charge in [-0.2, -0.15) is 0 Å². The molecular weight excluding hydrogens is 318 g/mol. The number of hydrogen-bond acceptors (Lipinski definition) is 2. The highest BCUT2D eigenvalue weighted by Gasteiger charge is 2.52. The van der Waals surface area contributed by atoms with Crippen molar-refractivity contribution in [1.29, 1.82) is 0 Å². The summed E-state index contributed by atoms with van der Waals surface area (Å²) in [7, 11) is 0. The van der Waals surface area contributed by atoms with Crippen LogP contribution in [0.1, 0.15) is 44.2 Å². The van der Waals surface area contributed by atoms with E-state index in [2.05, 4.69) is 44.2 Å². The molecule has 2 bridgehead atoms. The first-order valence-electron chi connectivity index (χ1n) is 9.49. The Labute approximate surface area is 152 Å². The Bertz CT molecular complexity index is 1200. The summed E-state index contributed by atoms with van der Waals surface area (Å²) in [6.07, 6.45) is 5.86. The zero-order valence-corrected chi connectivity index (χ0v) is 15.2. The van der Waals surface area contributed by atoms with Crippen LogP contribution in [0.15, 0.2) is 59.1 Å². The fourth-order valence-corrected chi connectivity index (χ4v) is 5.56. The fraction of sp³-hybridized carbons (Fsp3) is 0.292. The second-order valence-corrected chi connectivity index (χ2v) is 8.72. The smallest absolute Gasteiger partial charge is 0.139 e. The van der Waals surface area contributed by atoms with Gasteiger partial charge in [-0.25, -0.2) is 0 Å². The number of rotatable bonds is 1. The monoisotopic (exact) mass is 339 g/mol. The maximum Gasteiger partial charge on any atom is 0.139 e. The maximum absolute atomic E-state index is 6.05. The molecule has 2 atom stereocenters. The molecule has 128 valence electrons. The fourth-order valence-electron chi connectivity index (χ4n) is 5.56. The summed E-state index contributed by atoms with van der Waals surface area (Å²) in [5, 5.41) is 2.22. The molecule has 6 rings (SSSR count). The molecule has 0 N–H and O–H groups in total. The van der Waals surface area contributed by atoms with Crippen molar-refractivity contribution >= 4 is 21.9 Å². The minimum atomic E-state index is 0.337. The molecule has 0 amide bonds. The van der Waals surface area contributed by atoms with Crippen molar-refractivity contribution in [3.05, 3.63) is 65.9 Å². The summed E-state index contributed by atoms with van der Waals surface area (Å²) in [5.41, 5.74) is 7.83. The first kappa shape index (κ1) is 14.5. The summed E-state index contributed by atoms with van der Waals surface area (Å²) in [4.78, 5) is 4.77. The van der Waals surface area contributed by atoms with E-state index < -0.39 is 0 Å². The summed E-state index contributed by atoms with van der Waals surface area (Å²) >= 11 is 0. The van der Waals surface area contributed by atoms with E-state index in [0.29, 0.717) is 10.8 Å². The Morgan fingerprint density at radius 1 is 0.846 bits per heavy atom. The number of fused-ring (bicyclic) bond motifs is 8. The second-order valence-electron chi connectivity index (χ2n) is 8.72. The number of nitrogens with zero attached hydrogens (tertiary/aromatic N) is 1. The van der Waals surface area contributed by atoms with Crippen molar-refractivity contribution < 1.29 is 4.42 Å². The molecular formula is C24H21NO. The van der Waals surface area contributed by atoms with E-state index in [1.165, 1.54) is 30.4 Å². The largest absolute Gasteiger partial charge is 0.456 e. The molecule has 4 aromatic rings. The molecule has 2 aliphatic carbocycles. The standard InChI is InChI=1S/C24H21NO/c1-23-9-10-24(2,14-23)19-11-15(7-8-18(19)23)20-12-22-17(13-25-20)16-5-3-4-6-21(16)26-22/h3-8,11-13H,9-10,14H2,1-2H3. The number of pyridine rings is 1. The van der Waals surface area contributed by atoms with Crippen molar-refractivity contribution in [3.8, 4) is 11.3 Å². The van der Waals surface area contributed by atoms with Gasteiger partial charge in [-0.05, 0) is 53.4 Å². The van der Waals surface area contributed by atoms with E-state index in [9.17, 15) is 0 Å². The van der Waals surface area contributed by atoms with Crippen LogP contribution in [0.2, 0.25) is 0 Å². The zero-order valence-electron chi connectivity index (χ0n) is 15.2. The third kappa shape index (κ3) is 1.74. The molecule has 1 fully saturated rings. The van der Waals surface area contributed by atoms with Gasteiger partial charge in [-0.1, -0.05) is 44.2 Å². The third-order valence-corrected chi connectivity index (χ3v) is 6.89. The Morgan fingerprint density at radius 3 is 2.54 bits per heavy atom. The summed E-state index contributed by atoms with van der Waals surface area (Å²) in [6, 6.07) is 17.2. The van der Waals surface area contributed by atoms with Gasteiger partial charge in [0.15, 0.2) is 0 Å². The van der Waals surface area contributed by atoms with Gasteiger partial charge in [0.05, 0.1) is 5.69 Å². The van der Waals surface area contributed by atoms with Crippen LogP contribution in [0.3, 0.4) is 0 Å². The minimum Gasteiger partial charge on any atom is -0.456 e. The number of hydrogen-bond donors (Lipinski definition) is 0. The van der Waals surface area contributed by atoms with Crippen LogP contribution in [0, 0.1) is 0 Å². The average molecular weight is 339 g/mol. The molecule has 0 spiro atoms. The van der Waals surface area contributed by atoms with E-state index in [1.807, 2.05) is 24.4 Å². The predicted molar refractivity (Wildman–Crippen MR) is 106 cm³/mol. The first-order chi connectivity index (χ1) is 12.6. The minimum absolute atomic E-state index is 0.337. The van der Waals surface area contributed by atoms with Crippen molar-refractivity contribution in [2.24, 2.45) is 0 Å². The summed E-state index contributed by atoms with van der Waals surface area (Å²) in [5.74, 6) is 0. The molecule has 2 heterocycles. The van der Waals surface area contributed by atoms with Crippen LogP contribution >= 0.6 is 0 Å². The Kier molecular flexibility index (Phi) is 2.55. The van der Waals surface area contributed by atoms with Gasteiger partial charge in [0.25, 0.3) is 0 Å². The topological polar surface area (TPSA) is 26.0 Å². The predicted octanol–water partition coefficient (Wildman–Crippen LogP) is 6.36. The zero-order chi connectivity index (χ0) is 17.5. The van der Waals surface area contributed by atoms with Crippen molar-refractivity contribution in [2.45, 2.75) is 43.9 Å². The lowest BCUT2D eigenvalue weighted by molar-refractivity contribution is 0.484. The van der Waals surface area contributed by atoms with E-state index in [0.717, 1.165) is 27.6 Å². The van der Waals surface area contributed by atoms with Gasteiger partial charge in [-0.3, -0.25) is 4.98 Å². The van der Waals surface area contributed by atoms with Crippen molar-refractivity contribution in [3.63, 3.8) is 0 Å². The summed E-state index contributed by atoms with van der Waals surface area (Å²) in [6.45, 7) is 4.87. The number of furan rings is 1. The molecule has 2 heteroatoms. The molecule has 2 aliphatic rings. The molecule has 26 heavy (non-hydrogen) atoms. The van der Waals surface area contributed by atoms with E-state index in [-0.39, 0.29) is 0 Å². The molecule has 2 unspecified atom stereocenters. The van der Waals surface area contributed by atoms with Gasteiger partial charge in [0.1, 0.15) is 11.2 Å². The van der Waals surface area contributed by atoms with Gasteiger partial charge in [0, 0.05) is 28.6 Å². The van der Waals surface area contributed by atoms with Crippen LogP contribution in [-0.2, 0) is 10.8 Å². The molecule has 0 aliphatic heterocycles. The Hall–Kier alpha value is -2.61. The number of aromatic nitrogens is 1. The lowest BCUT2D eigenvalue weighted by Gasteiger charge is -2.27. The van der Waals surface area contributed by atoms with Crippen molar-refractivity contribution in [2.75, 3.05) is 0 Å². The normalized spacial score (nSPS) is 26.7. The van der Waals surface area contributed by atoms with E-state index >= 15 is 0 Å². The highest BCUT2D eigenvalue weighted by atomic mass is 16.3. The Balaban J connectivity index is 1.53. The Morgan fingerprint density at radius 2 is 1.65 bits per heavy atom. The van der Waals surface area contributed by atoms with Crippen molar-refractivity contribution in [1.82, 2.24) is 4.98 Å². The maximum atomic E-state index is 6.05. The number of para-hydroxylation sites is 1. The average Bonchev–Trinajstić information content (AvgIpc) is 3.25. The highest BCUT2D eigenvalue weighted by molar-refractivity contribution is 6.05. The van der Waals surface area contributed by atoms with Gasteiger partial charge < -0.3 is 4.42 Å². The summed E-state index contributed by atoms with van der Waals surface area (Å²) < 4.78 is 6.05. The van der Waals surface area contributed by atoms with Gasteiger partial charge >= 0.3 is 0 Å². The van der Waals surface area contributed by atoms with E-state index in [4.69, 9.17) is 9.40 Å². The van der Waals surface area contributed by atoms with Crippen LogP contribution in [-0.4, -0.2) is 4.98 Å². The van der Waals surface area contributed by atoms with Gasteiger partial charge in [0.2, 0.25) is 0 Å². The lowest BCUT2D eigenvalue weighted by Crippen LogP contribution is -2.17. The molecule has 2 nitrogen and oxygen atoms in total. The first-order valence-corrected chi connectivity index (χ1v) is 9.49. The van der Waals surface area contributed by atoms with E-state index in [1.54, 1.807) is 5.56 Å². The lowest BCUT2D eigenvalue weighted by atomic mass is 9.77. The molecule has 1 saturated carbocycles. The van der Waals surface area contributed by atoms with Crippen LogP contribution in [0.4, 0.5) is 0 Å². The SMILES string of the molecule is CC12CCC(C)(C1)c1cc(-c3cc4oc5ccccc5c4cn3)ccc12. The number of benzene rings is 2. The van der Waals surface area contributed by atoms with Crippen LogP contribution in [0.25, 0.3) is 33.2 Å². The van der Waals surface area contributed by atoms with Crippen LogP contribution in [0.5, 0.6) is 0 Å². The molecule has 0 saturated heterocycles. The second kappa shape index (κ2) is 4.56. The molecule has 2 aromatic heterocycles. The third-order valence-electron chi connectivity index (χ3n) is 6.89. The van der Waals surface area contributed by atoms with Crippen LogP contribution < -0.4 is 0 Å². The molecule has 0 radical (unpaired) electrons.